The minimum atomic E-state index is 0.337. The van der Waals surface area contributed by atoms with Crippen LogP contribution < -0.4 is 11.1 Å². The summed E-state index contributed by atoms with van der Waals surface area (Å²) in [6.07, 6.45) is 14.1. The van der Waals surface area contributed by atoms with Crippen LogP contribution in [0.2, 0.25) is 0 Å². The zero-order valence-corrected chi connectivity index (χ0v) is 19.8. The molecule has 0 bridgehead atoms. The maximum Gasteiger partial charge on any atom is 0.166 e. The molecular weight excluding hydrogens is 499 g/mol. The molecule has 0 radical (unpaired) electrons. The smallest absolute Gasteiger partial charge is 0.166 e. The third-order valence-corrected chi connectivity index (χ3v) is 7.19. The minimum Gasteiger partial charge on any atom is -0.364 e. The Morgan fingerprint density at radius 2 is 2.00 bits per heavy atom. The molecular formula is C24H29IN6. The van der Waals surface area contributed by atoms with Crippen molar-refractivity contribution in [2.45, 2.75) is 63.6 Å². The van der Waals surface area contributed by atoms with Gasteiger partial charge in [-0.25, -0.2) is 15.0 Å². The first-order valence-electron chi connectivity index (χ1n) is 11.3. The van der Waals surface area contributed by atoms with Gasteiger partial charge < -0.3 is 15.6 Å². The number of nitrogens with one attached hydrogen (secondary N) is 1. The number of benzene rings is 1. The lowest BCUT2D eigenvalue weighted by atomic mass is 9.84. The normalized spacial score (nSPS) is 23.5. The van der Waals surface area contributed by atoms with Crippen LogP contribution in [0.4, 0.5) is 5.82 Å². The van der Waals surface area contributed by atoms with Gasteiger partial charge in [-0.15, -0.1) is 0 Å². The molecule has 0 spiro atoms. The van der Waals surface area contributed by atoms with Crippen molar-refractivity contribution in [2.75, 3.05) is 5.32 Å². The minimum absolute atomic E-state index is 0.337. The van der Waals surface area contributed by atoms with Gasteiger partial charge >= 0.3 is 0 Å². The molecule has 1 saturated carbocycles. The fraction of sp³-hybridized carbons (Fsp3) is 0.458. The molecule has 0 saturated heterocycles. The number of fused-ring (bicyclic) bond motifs is 1. The second-order valence-electron chi connectivity index (χ2n) is 8.85. The summed E-state index contributed by atoms with van der Waals surface area (Å²) >= 11 is 2.35. The Labute approximate surface area is 196 Å². The maximum atomic E-state index is 6.11. The number of hydrogen-bond donors (Lipinski definition) is 2. The van der Waals surface area contributed by atoms with Crippen LogP contribution in [0.5, 0.6) is 0 Å². The SMILES string of the molecule is NC1CCC(Cc2nc(NCc3cccc(I)c3)c3ncn(C4C=CCC4)c3n2)CC1. The summed E-state index contributed by atoms with van der Waals surface area (Å²) in [6.45, 7) is 0.719. The van der Waals surface area contributed by atoms with Crippen molar-refractivity contribution in [3.05, 3.63) is 57.7 Å². The molecule has 5 rings (SSSR count). The highest BCUT2D eigenvalue weighted by Crippen LogP contribution is 2.30. The number of nitrogens with two attached hydrogens (primary N) is 1. The van der Waals surface area contributed by atoms with Gasteiger partial charge in [-0.1, -0.05) is 24.3 Å². The van der Waals surface area contributed by atoms with Gasteiger partial charge in [0.1, 0.15) is 11.3 Å². The van der Waals surface area contributed by atoms with Crippen molar-refractivity contribution in [3.63, 3.8) is 0 Å². The van der Waals surface area contributed by atoms with Crippen molar-refractivity contribution in [3.8, 4) is 0 Å². The Hall–Kier alpha value is -2.00. The predicted octanol–water partition coefficient (Wildman–Crippen LogP) is 4.99. The van der Waals surface area contributed by atoms with Gasteiger partial charge in [0.15, 0.2) is 11.5 Å². The van der Waals surface area contributed by atoms with Crippen molar-refractivity contribution < 1.29 is 0 Å². The van der Waals surface area contributed by atoms with E-state index in [0.29, 0.717) is 18.0 Å². The van der Waals surface area contributed by atoms with E-state index >= 15 is 0 Å². The van der Waals surface area contributed by atoms with Crippen LogP contribution in [0.15, 0.2) is 42.7 Å². The topological polar surface area (TPSA) is 81.6 Å². The quantitative estimate of drug-likeness (QED) is 0.348. The highest BCUT2D eigenvalue weighted by atomic mass is 127. The van der Waals surface area contributed by atoms with Crippen LogP contribution in [0.3, 0.4) is 0 Å². The van der Waals surface area contributed by atoms with E-state index in [2.05, 4.69) is 68.9 Å². The fourth-order valence-corrected chi connectivity index (χ4v) is 5.36. The first kappa shape index (κ1) is 20.9. The van der Waals surface area contributed by atoms with Crippen molar-refractivity contribution in [1.82, 2.24) is 19.5 Å². The van der Waals surface area contributed by atoms with Crippen LogP contribution in [-0.2, 0) is 13.0 Å². The number of anilines is 1. The average molecular weight is 528 g/mol. The Bertz CT molecular complexity index is 1080. The third-order valence-electron chi connectivity index (χ3n) is 6.52. The summed E-state index contributed by atoms with van der Waals surface area (Å²) in [5, 5.41) is 3.55. The van der Waals surface area contributed by atoms with Gasteiger partial charge in [-0.2, -0.15) is 0 Å². The summed E-state index contributed by atoms with van der Waals surface area (Å²) in [5.41, 5.74) is 9.15. The predicted molar refractivity (Wildman–Crippen MR) is 133 cm³/mol. The molecule has 3 N–H and O–H groups in total. The number of aromatic nitrogens is 4. The van der Waals surface area contributed by atoms with E-state index in [-0.39, 0.29) is 0 Å². The van der Waals surface area contributed by atoms with E-state index in [1.807, 2.05) is 6.33 Å². The second kappa shape index (κ2) is 9.24. The number of rotatable bonds is 6. The van der Waals surface area contributed by atoms with E-state index in [0.717, 1.165) is 61.5 Å². The third kappa shape index (κ3) is 4.77. The van der Waals surface area contributed by atoms with E-state index in [9.17, 15) is 0 Å². The molecule has 2 aromatic heterocycles. The molecule has 162 valence electrons. The van der Waals surface area contributed by atoms with E-state index < -0.39 is 0 Å². The largest absolute Gasteiger partial charge is 0.364 e. The maximum absolute atomic E-state index is 6.11. The van der Waals surface area contributed by atoms with Gasteiger partial charge in [0.05, 0.1) is 12.4 Å². The van der Waals surface area contributed by atoms with E-state index in [1.165, 1.54) is 22.0 Å². The van der Waals surface area contributed by atoms with Crippen molar-refractivity contribution in [2.24, 2.45) is 11.7 Å². The summed E-state index contributed by atoms with van der Waals surface area (Å²) < 4.78 is 3.45. The molecule has 2 heterocycles. The lowest BCUT2D eigenvalue weighted by Gasteiger charge is -2.25. The first-order valence-corrected chi connectivity index (χ1v) is 12.4. The van der Waals surface area contributed by atoms with Crippen molar-refractivity contribution in [1.29, 1.82) is 0 Å². The molecule has 2 aliphatic carbocycles. The van der Waals surface area contributed by atoms with Crippen LogP contribution in [0, 0.1) is 9.49 Å². The molecule has 0 aliphatic heterocycles. The molecule has 3 aromatic rings. The molecule has 1 unspecified atom stereocenters. The molecule has 0 amide bonds. The van der Waals surface area contributed by atoms with E-state index in [4.69, 9.17) is 20.7 Å². The molecule has 7 heteroatoms. The van der Waals surface area contributed by atoms with E-state index in [1.54, 1.807) is 0 Å². The Morgan fingerprint density at radius 1 is 1.13 bits per heavy atom. The number of allylic oxidation sites excluding steroid dienone is 2. The lowest BCUT2D eigenvalue weighted by Crippen LogP contribution is -2.27. The van der Waals surface area contributed by atoms with Crippen LogP contribution >= 0.6 is 22.6 Å². The zero-order chi connectivity index (χ0) is 21.2. The summed E-state index contributed by atoms with van der Waals surface area (Å²) in [7, 11) is 0. The van der Waals surface area contributed by atoms with Crippen LogP contribution in [0.1, 0.15) is 56.0 Å². The summed E-state index contributed by atoms with van der Waals surface area (Å²) in [6, 6.07) is 9.24. The number of hydrogen-bond acceptors (Lipinski definition) is 5. The highest BCUT2D eigenvalue weighted by molar-refractivity contribution is 14.1. The summed E-state index contributed by atoms with van der Waals surface area (Å²) in [5.74, 6) is 2.37. The number of imidazole rings is 1. The number of halogens is 1. The van der Waals surface area contributed by atoms with Crippen molar-refractivity contribution >= 4 is 39.6 Å². The molecule has 1 aromatic carbocycles. The van der Waals surface area contributed by atoms with Gasteiger partial charge in [0.25, 0.3) is 0 Å². The Morgan fingerprint density at radius 3 is 2.77 bits per heavy atom. The monoisotopic (exact) mass is 528 g/mol. The highest BCUT2D eigenvalue weighted by Gasteiger charge is 2.23. The molecule has 1 atom stereocenters. The lowest BCUT2D eigenvalue weighted by molar-refractivity contribution is 0.321. The van der Waals surface area contributed by atoms with Gasteiger partial charge in [0.2, 0.25) is 0 Å². The molecule has 2 aliphatic rings. The number of nitrogens with zero attached hydrogens (tertiary/aromatic N) is 4. The second-order valence-corrected chi connectivity index (χ2v) is 10.1. The zero-order valence-electron chi connectivity index (χ0n) is 17.7. The molecule has 1 fully saturated rings. The standard InChI is InChI=1S/C24H29IN6/c25-18-5-3-4-17(12-18)14-27-23-22-24(31(15-28-22)20-6-1-2-7-20)30-21(29-23)13-16-8-10-19(26)11-9-16/h1,3-6,12,15-16,19-20H,2,7-11,13-14,26H2,(H,27,29,30). The first-order chi connectivity index (χ1) is 15.2. The fourth-order valence-electron chi connectivity index (χ4n) is 4.75. The van der Waals surface area contributed by atoms with Crippen LogP contribution in [-0.4, -0.2) is 25.6 Å². The Balaban J connectivity index is 1.45. The molecule has 6 nitrogen and oxygen atoms in total. The Kier molecular flexibility index (Phi) is 6.22. The van der Waals surface area contributed by atoms with Gasteiger partial charge in [0, 0.05) is 22.6 Å². The average Bonchev–Trinajstić information content (AvgIpc) is 3.43. The molecule has 31 heavy (non-hydrogen) atoms. The van der Waals surface area contributed by atoms with Crippen LogP contribution in [0.25, 0.3) is 11.2 Å². The van der Waals surface area contributed by atoms with Gasteiger partial charge in [-0.05, 0) is 84.7 Å². The van der Waals surface area contributed by atoms with Gasteiger partial charge in [-0.3, -0.25) is 0 Å². The summed E-state index contributed by atoms with van der Waals surface area (Å²) in [4.78, 5) is 14.7.